The maximum Gasteiger partial charge on any atom is 0.0580 e. The van der Waals surface area contributed by atoms with Crippen molar-refractivity contribution in [2.75, 3.05) is 9.80 Å². The van der Waals surface area contributed by atoms with Crippen LogP contribution >= 0.6 is 0 Å². The maximum absolute atomic E-state index is 2.77. The highest BCUT2D eigenvalue weighted by Crippen LogP contribution is 2.61. The lowest BCUT2D eigenvalue weighted by atomic mass is 9.62. The summed E-state index contributed by atoms with van der Waals surface area (Å²) in [4.78, 5) is 5.25. The van der Waals surface area contributed by atoms with Gasteiger partial charge in [0.15, 0.2) is 0 Å². The van der Waals surface area contributed by atoms with Crippen molar-refractivity contribution in [3.05, 3.63) is 190 Å². The van der Waals surface area contributed by atoms with E-state index in [2.05, 4.69) is 188 Å². The molecule has 2 aliphatic heterocycles. The van der Waals surface area contributed by atoms with Crippen LogP contribution in [0, 0.1) is 5.92 Å². The fourth-order valence-electron chi connectivity index (χ4n) is 13.8. The SMILES string of the molecule is CC1(C)C2=C3C(CC=C2)C(C)(C)c2cc(N(c4ccc5c(c4)CCC=C5)c4ccc5c(c4)CCCC5)cc4c5cc(N(c6ccc7ccccc7c6)c6cccc7c6CCCC7)cc1c5n3c24. The fourth-order valence-corrected chi connectivity index (χ4v) is 13.8. The van der Waals surface area contributed by atoms with Crippen molar-refractivity contribution in [1.29, 1.82) is 0 Å². The average molecular weight is 870 g/mol. The zero-order valence-corrected chi connectivity index (χ0v) is 39.6. The van der Waals surface area contributed by atoms with Crippen molar-refractivity contribution in [2.24, 2.45) is 5.92 Å². The van der Waals surface area contributed by atoms with E-state index in [4.69, 9.17) is 0 Å². The molecule has 0 N–H and O–H groups in total. The number of aryl methyl sites for hydroxylation is 4. The number of rotatable bonds is 6. The summed E-state index contributed by atoms with van der Waals surface area (Å²) in [5.41, 5.74) is 24.7. The first-order chi connectivity index (χ1) is 32.7. The molecular formula is C64H59N3. The lowest BCUT2D eigenvalue weighted by Crippen LogP contribution is -2.40. The molecule has 3 nitrogen and oxygen atoms in total. The topological polar surface area (TPSA) is 11.4 Å². The minimum Gasteiger partial charge on any atom is -0.312 e. The first-order valence-electron chi connectivity index (χ1n) is 25.4. The Morgan fingerprint density at radius 1 is 0.507 bits per heavy atom. The summed E-state index contributed by atoms with van der Waals surface area (Å²) in [7, 11) is 0. The van der Waals surface area contributed by atoms with Crippen molar-refractivity contribution >= 4 is 78.5 Å². The van der Waals surface area contributed by atoms with Gasteiger partial charge in [-0.2, -0.15) is 0 Å². The molecule has 1 atom stereocenters. The monoisotopic (exact) mass is 869 g/mol. The van der Waals surface area contributed by atoms with Gasteiger partial charge in [0.2, 0.25) is 0 Å². The van der Waals surface area contributed by atoms with Crippen LogP contribution in [-0.2, 0) is 42.9 Å². The van der Waals surface area contributed by atoms with Gasteiger partial charge < -0.3 is 14.4 Å². The maximum atomic E-state index is 2.77. The number of hydrogen-bond donors (Lipinski definition) is 0. The van der Waals surface area contributed by atoms with E-state index in [1.54, 1.807) is 0 Å². The second-order valence-corrected chi connectivity index (χ2v) is 21.8. The lowest BCUT2D eigenvalue weighted by molar-refractivity contribution is 0.371. The van der Waals surface area contributed by atoms with Crippen LogP contribution in [0.5, 0.6) is 0 Å². The van der Waals surface area contributed by atoms with Crippen LogP contribution in [0.3, 0.4) is 0 Å². The van der Waals surface area contributed by atoms with E-state index >= 15 is 0 Å². The molecule has 330 valence electrons. The van der Waals surface area contributed by atoms with Crippen molar-refractivity contribution in [3.8, 4) is 0 Å². The molecular weight excluding hydrogens is 811 g/mol. The summed E-state index contributed by atoms with van der Waals surface area (Å²) in [5.74, 6) is 0.360. The molecule has 7 aromatic carbocycles. The minimum atomic E-state index is -0.211. The van der Waals surface area contributed by atoms with E-state index in [-0.39, 0.29) is 10.8 Å². The molecule has 3 heteroatoms. The van der Waals surface area contributed by atoms with Gasteiger partial charge in [0.25, 0.3) is 0 Å². The van der Waals surface area contributed by atoms with E-state index in [1.165, 1.54) is 155 Å². The molecule has 8 aromatic rings. The third-order valence-electron chi connectivity index (χ3n) is 17.3. The minimum absolute atomic E-state index is 0.108. The second kappa shape index (κ2) is 14.5. The third kappa shape index (κ3) is 5.76. The van der Waals surface area contributed by atoms with Crippen molar-refractivity contribution < 1.29 is 0 Å². The predicted molar refractivity (Wildman–Crippen MR) is 283 cm³/mol. The summed E-state index contributed by atoms with van der Waals surface area (Å²) in [6, 6.07) is 48.1. The molecule has 0 saturated heterocycles. The number of benzene rings is 7. The summed E-state index contributed by atoms with van der Waals surface area (Å²) in [5, 5.41) is 5.25. The molecule has 6 aliphatic rings. The summed E-state index contributed by atoms with van der Waals surface area (Å²) in [6.45, 7) is 10.1. The summed E-state index contributed by atoms with van der Waals surface area (Å²) >= 11 is 0. The van der Waals surface area contributed by atoms with E-state index in [0.717, 1.165) is 38.5 Å². The highest BCUT2D eigenvalue weighted by Gasteiger charge is 2.49. The molecule has 0 saturated carbocycles. The normalized spacial score (nSPS) is 19.2. The highest BCUT2D eigenvalue weighted by atomic mass is 15.2. The van der Waals surface area contributed by atoms with Gasteiger partial charge >= 0.3 is 0 Å². The summed E-state index contributed by atoms with van der Waals surface area (Å²) < 4.78 is 2.77. The molecule has 0 bridgehead atoms. The molecule has 0 amide bonds. The highest BCUT2D eigenvalue weighted by molar-refractivity contribution is 6.17. The Bertz CT molecular complexity index is 3530. The van der Waals surface area contributed by atoms with Gasteiger partial charge in [-0.05, 0) is 198 Å². The zero-order chi connectivity index (χ0) is 44.8. The van der Waals surface area contributed by atoms with Crippen LogP contribution < -0.4 is 9.80 Å². The lowest BCUT2D eigenvalue weighted by Gasteiger charge is -2.48. The predicted octanol–water partition coefficient (Wildman–Crippen LogP) is 17.0. The standard InChI is InChI=1S/C64H59N3/c1-63(2)55-24-14-25-56-62(55)67-60-53(36-50(38-57(60)63)65(47-30-27-40-15-5-8-19-44(40)33-47)48-31-28-41-16-6-9-20-45(41)34-48)54-37-51(39-58(61(54)67)64(56,3)4)66(49-32-29-42-17-7-10-21-46(42)35-49)59-26-13-22-43-18-11-12-23-52(43)59/h5,7,10,13-15,17,21-22,25-39,55H,6,8-9,11-12,16,18-20,23-24H2,1-4H3. The summed E-state index contributed by atoms with van der Waals surface area (Å²) in [6.07, 6.45) is 22.5. The number of aromatic nitrogens is 1. The number of hydrogen-bond acceptors (Lipinski definition) is 2. The second-order valence-electron chi connectivity index (χ2n) is 21.8. The van der Waals surface area contributed by atoms with Crippen LogP contribution in [0.15, 0.2) is 145 Å². The molecule has 4 aliphatic carbocycles. The average Bonchev–Trinajstić information content (AvgIpc) is 3.69. The molecule has 0 fully saturated rings. The molecule has 0 radical (unpaired) electrons. The van der Waals surface area contributed by atoms with E-state index < -0.39 is 0 Å². The Morgan fingerprint density at radius 3 is 2.04 bits per heavy atom. The van der Waals surface area contributed by atoms with Gasteiger partial charge in [-0.25, -0.2) is 0 Å². The van der Waals surface area contributed by atoms with Gasteiger partial charge in [0, 0.05) is 67.3 Å². The first kappa shape index (κ1) is 39.6. The Hall–Kier alpha value is -6.58. The van der Waals surface area contributed by atoms with Gasteiger partial charge in [-0.15, -0.1) is 0 Å². The largest absolute Gasteiger partial charge is 0.312 e. The van der Waals surface area contributed by atoms with Gasteiger partial charge in [-0.1, -0.05) is 107 Å². The van der Waals surface area contributed by atoms with E-state index in [0.29, 0.717) is 5.92 Å². The van der Waals surface area contributed by atoms with Crippen LogP contribution in [0.2, 0.25) is 0 Å². The van der Waals surface area contributed by atoms with Crippen molar-refractivity contribution in [1.82, 2.24) is 4.57 Å². The molecule has 0 spiro atoms. The number of anilines is 6. The van der Waals surface area contributed by atoms with Crippen LogP contribution in [0.1, 0.15) is 111 Å². The Morgan fingerprint density at radius 2 is 1.19 bits per heavy atom. The number of allylic oxidation sites excluding steroid dienone is 5. The zero-order valence-electron chi connectivity index (χ0n) is 39.6. The molecule has 14 rings (SSSR count). The Balaban J connectivity index is 1.08. The smallest absolute Gasteiger partial charge is 0.0580 e. The fraction of sp³-hybridized carbons (Fsp3) is 0.281. The third-order valence-corrected chi connectivity index (χ3v) is 17.3. The van der Waals surface area contributed by atoms with Crippen LogP contribution in [0.4, 0.5) is 34.1 Å². The van der Waals surface area contributed by atoms with Crippen molar-refractivity contribution in [3.63, 3.8) is 0 Å². The molecule has 1 aromatic heterocycles. The molecule has 67 heavy (non-hydrogen) atoms. The van der Waals surface area contributed by atoms with Gasteiger partial charge in [0.1, 0.15) is 0 Å². The number of nitrogens with zero attached hydrogens (tertiary/aromatic N) is 3. The van der Waals surface area contributed by atoms with Crippen molar-refractivity contribution in [2.45, 2.75) is 109 Å². The Labute approximate surface area is 395 Å². The number of fused-ring (bicyclic) bond motifs is 5. The van der Waals surface area contributed by atoms with E-state index in [1.807, 2.05) is 0 Å². The molecule has 3 heterocycles. The van der Waals surface area contributed by atoms with Gasteiger partial charge in [-0.3, -0.25) is 0 Å². The van der Waals surface area contributed by atoms with Crippen LogP contribution in [-0.4, -0.2) is 4.57 Å². The van der Waals surface area contributed by atoms with E-state index in [9.17, 15) is 0 Å². The van der Waals surface area contributed by atoms with Gasteiger partial charge in [0.05, 0.1) is 11.0 Å². The van der Waals surface area contributed by atoms with Crippen LogP contribution in [0.25, 0.3) is 44.4 Å². The molecule has 1 unspecified atom stereocenters. The first-order valence-corrected chi connectivity index (χ1v) is 25.4. The Kier molecular flexibility index (Phi) is 8.54. The quantitative estimate of drug-likeness (QED) is 0.165.